The molecule has 6 heteroatoms. The van der Waals surface area contributed by atoms with E-state index in [1.54, 1.807) is 25.1 Å². The molecule has 21 heavy (non-hydrogen) atoms. The Kier molecular flexibility index (Phi) is 5.01. The summed E-state index contributed by atoms with van der Waals surface area (Å²) >= 11 is 4.91. The highest BCUT2D eigenvalue weighted by molar-refractivity contribution is 7.89. The summed E-state index contributed by atoms with van der Waals surface area (Å²) in [5.74, 6) is 0.441. The molecule has 0 aliphatic heterocycles. The molecule has 3 N–H and O–H groups in total. The lowest BCUT2D eigenvalue weighted by Crippen LogP contribution is -2.37. The summed E-state index contributed by atoms with van der Waals surface area (Å²) in [6.45, 7) is 3.71. The molecule has 1 unspecified atom stereocenters. The topological polar surface area (TPSA) is 72.2 Å². The molecule has 116 valence electrons. The van der Waals surface area contributed by atoms with Gasteiger partial charge in [0.05, 0.1) is 4.90 Å². The van der Waals surface area contributed by atoms with Crippen LogP contribution in [0, 0.1) is 12.8 Å². The average molecular weight is 326 g/mol. The van der Waals surface area contributed by atoms with Crippen molar-refractivity contribution in [3.05, 3.63) is 29.3 Å². The number of hydrogen-bond donors (Lipinski definition) is 2. The van der Waals surface area contributed by atoms with Gasteiger partial charge in [0.15, 0.2) is 0 Å². The standard InChI is InChI=1S/C15H22N2O2S2/c1-10-9-13(15(16)20)7-8-14(10)21(18,19)17-11(2)12-5-3-4-6-12/h7-9,11-12,17H,3-6H2,1-2H3,(H2,16,20). The molecule has 0 aromatic heterocycles. The molecule has 1 aliphatic rings. The van der Waals surface area contributed by atoms with Gasteiger partial charge >= 0.3 is 0 Å². The summed E-state index contributed by atoms with van der Waals surface area (Å²) in [6, 6.07) is 4.92. The summed E-state index contributed by atoms with van der Waals surface area (Å²) in [5.41, 5.74) is 6.92. The van der Waals surface area contributed by atoms with Crippen LogP contribution in [0.25, 0.3) is 0 Å². The Bertz CT molecular complexity index is 635. The molecular formula is C15H22N2O2S2. The van der Waals surface area contributed by atoms with Gasteiger partial charge in [0.1, 0.15) is 4.99 Å². The van der Waals surface area contributed by atoms with Crippen LogP contribution in [0.4, 0.5) is 0 Å². The highest BCUT2D eigenvalue weighted by Gasteiger charge is 2.26. The summed E-state index contributed by atoms with van der Waals surface area (Å²) in [4.78, 5) is 0.571. The van der Waals surface area contributed by atoms with E-state index in [1.807, 2.05) is 6.92 Å². The van der Waals surface area contributed by atoms with E-state index in [9.17, 15) is 8.42 Å². The smallest absolute Gasteiger partial charge is 0.241 e. The SMILES string of the molecule is Cc1cc(C(N)=S)ccc1S(=O)(=O)NC(C)C1CCCC1. The number of hydrogen-bond acceptors (Lipinski definition) is 3. The molecule has 2 rings (SSSR count). The first-order chi connectivity index (χ1) is 9.81. The van der Waals surface area contributed by atoms with Gasteiger partial charge in [-0.2, -0.15) is 0 Å². The highest BCUT2D eigenvalue weighted by atomic mass is 32.2. The van der Waals surface area contributed by atoms with Crippen molar-refractivity contribution in [2.24, 2.45) is 11.7 Å². The van der Waals surface area contributed by atoms with Crippen LogP contribution in [0.3, 0.4) is 0 Å². The van der Waals surface area contributed by atoms with Gasteiger partial charge in [0, 0.05) is 11.6 Å². The third-order valence-electron chi connectivity index (χ3n) is 4.20. The van der Waals surface area contributed by atoms with Crippen LogP contribution in [0.1, 0.15) is 43.7 Å². The van der Waals surface area contributed by atoms with Crippen LogP contribution in [-0.4, -0.2) is 19.4 Å². The first-order valence-corrected chi connectivity index (χ1v) is 9.13. The second kappa shape index (κ2) is 6.42. The van der Waals surface area contributed by atoms with E-state index in [2.05, 4.69) is 4.72 Å². The number of aryl methyl sites for hydroxylation is 1. The van der Waals surface area contributed by atoms with Crippen molar-refractivity contribution in [3.8, 4) is 0 Å². The van der Waals surface area contributed by atoms with Crippen LogP contribution in [0.5, 0.6) is 0 Å². The molecule has 1 atom stereocenters. The molecule has 1 aromatic carbocycles. The molecule has 1 saturated carbocycles. The maximum atomic E-state index is 12.5. The lowest BCUT2D eigenvalue weighted by molar-refractivity contribution is 0.424. The molecule has 1 aromatic rings. The van der Waals surface area contributed by atoms with Gasteiger partial charge in [-0.25, -0.2) is 13.1 Å². The Balaban J connectivity index is 2.21. The van der Waals surface area contributed by atoms with E-state index in [1.165, 1.54) is 12.8 Å². The van der Waals surface area contributed by atoms with E-state index in [0.717, 1.165) is 12.8 Å². The molecule has 0 bridgehead atoms. The number of nitrogens with one attached hydrogen (secondary N) is 1. The van der Waals surface area contributed by atoms with Crippen LogP contribution in [0.2, 0.25) is 0 Å². The maximum Gasteiger partial charge on any atom is 0.241 e. The summed E-state index contributed by atoms with van der Waals surface area (Å²) in [5, 5.41) is 0. The van der Waals surface area contributed by atoms with Gasteiger partial charge in [-0.15, -0.1) is 0 Å². The molecule has 0 heterocycles. The molecule has 4 nitrogen and oxygen atoms in total. The largest absolute Gasteiger partial charge is 0.389 e. The van der Waals surface area contributed by atoms with Crippen LogP contribution < -0.4 is 10.5 Å². The zero-order valence-electron chi connectivity index (χ0n) is 12.4. The number of benzene rings is 1. The second-order valence-corrected chi connectivity index (χ2v) is 7.92. The molecule has 0 amide bonds. The van der Waals surface area contributed by atoms with E-state index < -0.39 is 10.0 Å². The molecule has 0 radical (unpaired) electrons. The van der Waals surface area contributed by atoms with Crippen molar-refractivity contribution in [1.82, 2.24) is 4.72 Å². The summed E-state index contributed by atoms with van der Waals surface area (Å²) in [6.07, 6.45) is 4.59. The number of nitrogens with two attached hydrogens (primary N) is 1. The van der Waals surface area contributed by atoms with Gasteiger partial charge in [0.2, 0.25) is 10.0 Å². The Morgan fingerprint density at radius 2 is 2.00 bits per heavy atom. The minimum absolute atomic E-state index is 0.0350. The van der Waals surface area contributed by atoms with Crippen LogP contribution in [0.15, 0.2) is 23.1 Å². The van der Waals surface area contributed by atoms with Crippen molar-refractivity contribution in [1.29, 1.82) is 0 Å². The van der Waals surface area contributed by atoms with Crippen LogP contribution >= 0.6 is 12.2 Å². The monoisotopic (exact) mass is 326 g/mol. The minimum atomic E-state index is -3.50. The maximum absolute atomic E-state index is 12.5. The van der Waals surface area contributed by atoms with Gasteiger partial charge in [0.25, 0.3) is 0 Å². The third kappa shape index (κ3) is 3.81. The predicted molar refractivity (Wildman–Crippen MR) is 88.8 cm³/mol. The van der Waals surface area contributed by atoms with Crippen molar-refractivity contribution >= 4 is 27.2 Å². The number of rotatable bonds is 5. The lowest BCUT2D eigenvalue weighted by atomic mass is 10.0. The molecular weight excluding hydrogens is 304 g/mol. The first-order valence-electron chi connectivity index (χ1n) is 7.24. The summed E-state index contributed by atoms with van der Waals surface area (Å²) in [7, 11) is -3.50. The Hall–Kier alpha value is -0.980. The van der Waals surface area contributed by atoms with Gasteiger partial charge in [-0.3, -0.25) is 0 Å². The quantitative estimate of drug-likeness (QED) is 0.816. The van der Waals surface area contributed by atoms with E-state index in [4.69, 9.17) is 18.0 Å². The Morgan fingerprint density at radius 3 is 2.52 bits per heavy atom. The molecule has 0 saturated heterocycles. The minimum Gasteiger partial charge on any atom is -0.389 e. The average Bonchev–Trinajstić information content (AvgIpc) is 2.91. The van der Waals surface area contributed by atoms with E-state index in [0.29, 0.717) is 21.9 Å². The third-order valence-corrected chi connectivity index (χ3v) is 6.15. The second-order valence-electron chi connectivity index (χ2n) is 5.80. The normalized spacial score (nSPS) is 17.8. The Morgan fingerprint density at radius 1 is 1.38 bits per heavy atom. The fourth-order valence-electron chi connectivity index (χ4n) is 2.97. The fourth-order valence-corrected chi connectivity index (χ4v) is 4.63. The zero-order chi connectivity index (χ0) is 15.6. The van der Waals surface area contributed by atoms with Crippen molar-refractivity contribution in [2.75, 3.05) is 0 Å². The lowest BCUT2D eigenvalue weighted by Gasteiger charge is -2.21. The van der Waals surface area contributed by atoms with E-state index in [-0.39, 0.29) is 11.0 Å². The molecule has 0 spiro atoms. The molecule has 1 aliphatic carbocycles. The highest BCUT2D eigenvalue weighted by Crippen LogP contribution is 2.28. The number of thiocarbonyl (C=S) groups is 1. The van der Waals surface area contributed by atoms with Gasteiger partial charge in [-0.1, -0.05) is 31.1 Å². The summed E-state index contributed by atoms with van der Waals surface area (Å²) < 4.78 is 27.9. The Labute approximate surface area is 132 Å². The zero-order valence-corrected chi connectivity index (χ0v) is 14.1. The van der Waals surface area contributed by atoms with Crippen molar-refractivity contribution < 1.29 is 8.42 Å². The van der Waals surface area contributed by atoms with Crippen LogP contribution in [-0.2, 0) is 10.0 Å². The fraction of sp³-hybridized carbons (Fsp3) is 0.533. The predicted octanol–water partition coefficient (Wildman–Crippen LogP) is 2.49. The first kappa shape index (κ1) is 16.4. The number of sulfonamides is 1. The molecule has 1 fully saturated rings. The van der Waals surface area contributed by atoms with Crippen molar-refractivity contribution in [2.45, 2.75) is 50.5 Å². The van der Waals surface area contributed by atoms with E-state index >= 15 is 0 Å². The van der Waals surface area contributed by atoms with Gasteiger partial charge < -0.3 is 5.73 Å². The van der Waals surface area contributed by atoms with Gasteiger partial charge in [-0.05, 0) is 50.3 Å². The van der Waals surface area contributed by atoms with Crippen molar-refractivity contribution in [3.63, 3.8) is 0 Å².